The molecule has 6 heteroatoms. The van der Waals surface area contributed by atoms with Crippen LogP contribution >= 0.6 is 0 Å². The molecule has 6 nitrogen and oxygen atoms in total. The molecule has 2 atom stereocenters. The zero-order valence-corrected chi connectivity index (χ0v) is 10.1. The van der Waals surface area contributed by atoms with Crippen LogP contribution in [0.25, 0.3) is 0 Å². The number of esters is 1. The number of ether oxygens (including phenoxy) is 2. The third kappa shape index (κ3) is 3.45. The predicted molar refractivity (Wildman–Crippen MR) is 58.7 cm³/mol. The third-order valence-corrected chi connectivity index (χ3v) is 2.17. The average Bonchev–Trinajstić information content (AvgIpc) is 2.41. The summed E-state index contributed by atoms with van der Waals surface area (Å²) in [6.07, 6.45) is 2.18. The van der Waals surface area contributed by atoms with Crippen molar-refractivity contribution in [2.24, 2.45) is 11.7 Å². The molecule has 96 valence electrons. The van der Waals surface area contributed by atoms with Crippen molar-refractivity contribution in [3.8, 4) is 0 Å². The first-order valence-corrected chi connectivity index (χ1v) is 5.22. The largest absolute Gasteiger partial charge is 0.481 e. The standard InChI is InChI=1S/C11H17NO5/c1-10(2,3)17-9(15)7-4-5-16-11(7,12)6-8(13)14/h4-5,7H,6,12H2,1-3H3,(H,13,14). The molecule has 0 saturated carbocycles. The van der Waals surface area contributed by atoms with E-state index in [0.29, 0.717) is 0 Å². The van der Waals surface area contributed by atoms with Gasteiger partial charge in [-0.25, -0.2) is 0 Å². The molecule has 0 saturated heterocycles. The molecule has 0 radical (unpaired) electrons. The van der Waals surface area contributed by atoms with Crippen molar-refractivity contribution < 1.29 is 24.2 Å². The van der Waals surface area contributed by atoms with Gasteiger partial charge in [-0.15, -0.1) is 0 Å². The third-order valence-electron chi connectivity index (χ3n) is 2.17. The molecule has 0 aromatic heterocycles. The number of carboxylic acids is 1. The van der Waals surface area contributed by atoms with Crippen LogP contribution in [0, 0.1) is 5.92 Å². The Labute approximate surface area is 99.4 Å². The quantitative estimate of drug-likeness (QED) is 0.705. The Balaban J connectivity index is 2.78. The van der Waals surface area contributed by atoms with Gasteiger partial charge in [0.15, 0.2) is 5.72 Å². The lowest BCUT2D eigenvalue weighted by molar-refractivity contribution is -0.166. The smallest absolute Gasteiger partial charge is 0.319 e. The van der Waals surface area contributed by atoms with Crippen LogP contribution in [-0.4, -0.2) is 28.4 Å². The SMILES string of the molecule is CC(C)(C)OC(=O)C1C=COC1(N)CC(=O)O. The van der Waals surface area contributed by atoms with Crippen LogP contribution < -0.4 is 5.73 Å². The van der Waals surface area contributed by atoms with Crippen LogP contribution in [0.15, 0.2) is 12.3 Å². The summed E-state index contributed by atoms with van der Waals surface area (Å²) in [6.45, 7) is 5.17. The van der Waals surface area contributed by atoms with Gasteiger partial charge >= 0.3 is 11.9 Å². The summed E-state index contributed by atoms with van der Waals surface area (Å²) >= 11 is 0. The molecule has 0 bridgehead atoms. The van der Waals surface area contributed by atoms with Gasteiger partial charge in [0.05, 0.1) is 6.26 Å². The van der Waals surface area contributed by atoms with Gasteiger partial charge in [0.2, 0.25) is 0 Å². The first-order chi connectivity index (χ1) is 7.64. The topological polar surface area (TPSA) is 98.9 Å². The summed E-state index contributed by atoms with van der Waals surface area (Å²) in [5.74, 6) is -2.63. The molecule has 0 aromatic rings. The Morgan fingerprint density at radius 3 is 2.59 bits per heavy atom. The fraction of sp³-hybridized carbons (Fsp3) is 0.636. The summed E-state index contributed by atoms with van der Waals surface area (Å²) in [4.78, 5) is 22.5. The number of carbonyl (C=O) groups excluding carboxylic acids is 1. The van der Waals surface area contributed by atoms with Gasteiger partial charge in [0, 0.05) is 0 Å². The molecule has 1 aliphatic heterocycles. The molecule has 0 spiro atoms. The summed E-state index contributed by atoms with van der Waals surface area (Å²) in [7, 11) is 0. The summed E-state index contributed by atoms with van der Waals surface area (Å²) in [5, 5.41) is 8.73. The maximum atomic E-state index is 11.8. The number of rotatable bonds is 3. The molecule has 17 heavy (non-hydrogen) atoms. The highest BCUT2D eigenvalue weighted by Gasteiger charge is 2.46. The number of hydrogen-bond acceptors (Lipinski definition) is 5. The predicted octanol–water partition coefficient (Wildman–Crippen LogP) is 0.618. The van der Waals surface area contributed by atoms with Gasteiger partial charge in [-0.05, 0) is 26.8 Å². The van der Waals surface area contributed by atoms with Crippen LogP contribution in [0.3, 0.4) is 0 Å². The van der Waals surface area contributed by atoms with Crippen molar-refractivity contribution in [3.63, 3.8) is 0 Å². The van der Waals surface area contributed by atoms with E-state index in [9.17, 15) is 9.59 Å². The number of nitrogens with two attached hydrogens (primary N) is 1. The molecular weight excluding hydrogens is 226 g/mol. The van der Waals surface area contributed by atoms with Crippen LogP contribution in [0.4, 0.5) is 0 Å². The maximum Gasteiger partial charge on any atom is 0.319 e. The van der Waals surface area contributed by atoms with E-state index in [1.54, 1.807) is 20.8 Å². The molecule has 0 aliphatic carbocycles. The lowest BCUT2D eigenvalue weighted by atomic mass is 9.94. The minimum Gasteiger partial charge on any atom is -0.481 e. The van der Waals surface area contributed by atoms with Gasteiger partial charge in [-0.3, -0.25) is 15.3 Å². The summed E-state index contributed by atoms with van der Waals surface area (Å²) < 4.78 is 10.2. The van der Waals surface area contributed by atoms with E-state index in [2.05, 4.69) is 0 Å². The van der Waals surface area contributed by atoms with E-state index in [0.717, 1.165) is 0 Å². The molecule has 2 unspecified atom stereocenters. The molecule has 1 aliphatic rings. The number of carbonyl (C=O) groups is 2. The second-order valence-electron chi connectivity index (χ2n) is 4.98. The number of carboxylic acid groups (broad SMARTS) is 1. The Bertz CT molecular complexity index is 357. The van der Waals surface area contributed by atoms with E-state index < -0.39 is 35.6 Å². The first kappa shape index (κ1) is 13.5. The van der Waals surface area contributed by atoms with Gasteiger partial charge < -0.3 is 14.6 Å². The number of hydrogen-bond donors (Lipinski definition) is 2. The Hall–Kier alpha value is -1.56. The van der Waals surface area contributed by atoms with Crippen LogP contribution in [0.1, 0.15) is 27.2 Å². The Morgan fingerprint density at radius 1 is 1.53 bits per heavy atom. The first-order valence-electron chi connectivity index (χ1n) is 5.22. The summed E-state index contributed by atoms with van der Waals surface area (Å²) in [5.41, 5.74) is 3.54. The van der Waals surface area contributed by atoms with Crippen LogP contribution in [0.2, 0.25) is 0 Å². The van der Waals surface area contributed by atoms with Crippen molar-refractivity contribution >= 4 is 11.9 Å². The lowest BCUT2D eigenvalue weighted by Crippen LogP contribution is -2.51. The van der Waals surface area contributed by atoms with Gasteiger partial charge in [-0.1, -0.05) is 0 Å². The van der Waals surface area contributed by atoms with E-state index >= 15 is 0 Å². The number of aliphatic carboxylic acids is 1. The van der Waals surface area contributed by atoms with Crippen molar-refractivity contribution in [2.75, 3.05) is 0 Å². The van der Waals surface area contributed by atoms with E-state index in [1.165, 1.54) is 12.3 Å². The molecule has 0 aromatic carbocycles. The highest BCUT2D eigenvalue weighted by atomic mass is 16.6. The maximum absolute atomic E-state index is 11.8. The fourth-order valence-corrected chi connectivity index (χ4v) is 1.51. The Morgan fingerprint density at radius 2 is 2.12 bits per heavy atom. The van der Waals surface area contributed by atoms with Crippen LogP contribution in [-0.2, 0) is 19.1 Å². The molecule has 1 heterocycles. The van der Waals surface area contributed by atoms with Gasteiger partial charge in [-0.2, -0.15) is 0 Å². The highest BCUT2D eigenvalue weighted by Crippen LogP contribution is 2.30. The zero-order valence-electron chi connectivity index (χ0n) is 10.1. The minimum absolute atomic E-state index is 0.468. The normalized spacial score (nSPS) is 27.6. The van der Waals surface area contributed by atoms with Crippen molar-refractivity contribution in [1.82, 2.24) is 0 Å². The summed E-state index contributed by atoms with van der Waals surface area (Å²) in [6, 6.07) is 0. The molecular formula is C11H17NO5. The molecule has 0 fully saturated rings. The molecule has 3 N–H and O–H groups in total. The molecule has 0 amide bonds. The van der Waals surface area contributed by atoms with E-state index in [4.69, 9.17) is 20.3 Å². The molecule has 1 rings (SSSR count). The second kappa shape index (κ2) is 4.37. The average molecular weight is 243 g/mol. The monoisotopic (exact) mass is 243 g/mol. The van der Waals surface area contributed by atoms with Crippen molar-refractivity contribution in [1.29, 1.82) is 0 Å². The van der Waals surface area contributed by atoms with E-state index in [1.807, 2.05) is 0 Å². The van der Waals surface area contributed by atoms with Crippen molar-refractivity contribution in [3.05, 3.63) is 12.3 Å². The van der Waals surface area contributed by atoms with Crippen LogP contribution in [0.5, 0.6) is 0 Å². The second-order valence-corrected chi connectivity index (χ2v) is 4.98. The highest BCUT2D eigenvalue weighted by molar-refractivity contribution is 5.79. The lowest BCUT2D eigenvalue weighted by Gasteiger charge is -2.29. The van der Waals surface area contributed by atoms with Gasteiger partial charge in [0.1, 0.15) is 17.9 Å². The zero-order chi connectivity index (χ0) is 13.3. The van der Waals surface area contributed by atoms with E-state index in [-0.39, 0.29) is 0 Å². The van der Waals surface area contributed by atoms with Gasteiger partial charge in [0.25, 0.3) is 0 Å². The Kier molecular flexibility index (Phi) is 3.47. The van der Waals surface area contributed by atoms with Crippen molar-refractivity contribution in [2.45, 2.75) is 38.5 Å². The minimum atomic E-state index is -1.56. The fourth-order valence-electron chi connectivity index (χ4n) is 1.51.